The molecule has 118 valence electrons. The highest BCUT2D eigenvalue weighted by Crippen LogP contribution is 2.27. The van der Waals surface area contributed by atoms with Gasteiger partial charge in [0.25, 0.3) is 5.91 Å². The summed E-state index contributed by atoms with van der Waals surface area (Å²) in [6.45, 7) is 1.79. The van der Waals surface area contributed by atoms with Crippen molar-refractivity contribution in [2.24, 2.45) is 0 Å². The van der Waals surface area contributed by atoms with Crippen LogP contribution >= 0.6 is 22.6 Å². The average molecular weight is 422 g/mol. The number of nitrogens with one attached hydrogen (secondary N) is 1. The summed E-state index contributed by atoms with van der Waals surface area (Å²) in [5.41, 5.74) is 2.21. The van der Waals surface area contributed by atoms with Gasteiger partial charge < -0.3 is 14.8 Å². The van der Waals surface area contributed by atoms with Crippen molar-refractivity contribution < 1.29 is 14.3 Å². The molecule has 0 aliphatic heterocycles. The van der Waals surface area contributed by atoms with E-state index in [2.05, 4.69) is 27.9 Å². The van der Waals surface area contributed by atoms with Crippen LogP contribution < -0.4 is 14.8 Å². The average Bonchev–Trinajstić information content (AvgIpc) is 2.55. The molecule has 0 spiro atoms. The normalized spacial score (nSPS) is 9.83. The number of ether oxygens (including phenoxy) is 2. The molecule has 1 N–H and O–H groups in total. The molecule has 23 heavy (non-hydrogen) atoms. The second-order valence-electron chi connectivity index (χ2n) is 4.77. The van der Waals surface area contributed by atoms with Gasteiger partial charge in [-0.25, -0.2) is 0 Å². The van der Waals surface area contributed by atoms with Crippen molar-refractivity contribution in [1.29, 1.82) is 5.26 Å². The number of hydrogen-bond donors (Lipinski definition) is 1. The molecule has 2 aromatic carbocycles. The van der Waals surface area contributed by atoms with Gasteiger partial charge in [0.2, 0.25) is 0 Å². The van der Waals surface area contributed by atoms with Crippen LogP contribution in [0, 0.1) is 21.8 Å². The number of amides is 1. The molecule has 2 rings (SSSR count). The molecule has 0 unspecified atom stereocenters. The largest absolute Gasteiger partial charge is 0.493 e. The van der Waals surface area contributed by atoms with Gasteiger partial charge in [0.15, 0.2) is 18.1 Å². The number of anilines is 1. The van der Waals surface area contributed by atoms with Crippen LogP contribution in [0.2, 0.25) is 0 Å². The van der Waals surface area contributed by atoms with Gasteiger partial charge in [-0.05, 0) is 65.4 Å². The highest BCUT2D eigenvalue weighted by molar-refractivity contribution is 14.1. The molecule has 0 heterocycles. The Morgan fingerprint density at radius 3 is 2.70 bits per heavy atom. The van der Waals surface area contributed by atoms with Crippen molar-refractivity contribution in [3.8, 4) is 17.6 Å². The predicted molar refractivity (Wildman–Crippen MR) is 95.7 cm³/mol. The number of carbonyl (C=O) groups excluding carboxylic acids is 1. The van der Waals surface area contributed by atoms with Gasteiger partial charge in [0, 0.05) is 15.3 Å². The van der Waals surface area contributed by atoms with Gasteiger partial charge in [-0.3, -0.25) is 4.79 Å². The Bertz CT molecular complexity index is 769. The van der Waals surface area contributed by atoms with Crippen LogP contribution in [-0.2, 0) is 4.79 Å². The minimum absolute atomic E-state index is 0.145. The fourth-order valence-electron chi connectivity index (χ4n) is 1.95. The van der Waals surface area contributed by atoms with Crippen LogP contribution in [0.4, 0.5) is 5.69 Å². The summed E-state index contributed by atoms with van der Waals surface area (Å²) in [6.07, 6.45) is 0. The van der Waals surface area contributed by atoms with Gasteiger partial charge in [-0.1, -0.05) is 0 Å². The van der Waals surface area contributed by atoms with E-state index in [0.29, 0.717) is 17.1 Å². The zero-order valence-electron chi connectivity index (χ0n) is 12.7. The predicted octanol–water partition coefficient (Wildman–Crippen LogP) is 3.50. The first-order valence-electron chi connectivity index (χ1n) is 6.80. The molecule has 0 aromatic heterocycles. The third kappa shape index (κ3) is 4.60. The van der Waals surface area contributed by atoms with E-state index in [4.69, 9.17) is 14.7 Å². The summed E-state index contributed by atoms with van der Waals surface area (Å²) < 4.78 is 11.7. The number of hydrogen-bond acceptors (Lipinski definition) is 4. The Kier molecular flexibility index (Phi) is 5.82. The van der Waals surface area contributed by atoms with Crippen LogP contribution in [-0.4, -0.2) is 19.6 Å². The van der Waals surface area contributed by atoms with Gasteiger partial charge in [-0.2, -0.15) is 5.26 Å². The molecular weight excluding hydrogens is 407 g/mol. The number of carbonyl (C=O) groups is 1. The molecule has 0 atom stereocenters. The lowest BCUT2D eigenvalue weighted by molar-refractivity contribution is -0.118. The molecule has 6 heteroatoms. The fraction of sp³-hybridized carbons (Fsp3) is 0.176. The molecule has 0 saturated carbocycles. The van der Waals surface area contributed by atoms with Crippen LogP contribution in [0.5, 0.6) is 11.5 Å². The van der Waals surface area contributed by atoms with E-state index in [1.54, 1.807) is 18.2 Å². The van der Waals surface area contributed by atoms with Gasteiger partial charge in [-0.15, -0.1) is 0 Å². The van der Waals surface area contributed by atoms with Crippen molar-refractivity contribution in [2.75, 3.05) is 19.0 Å². The van der Waals surface area contributed by atoms with Crippen molar-refractivity contribution in [2.45, 2.75) is 6.92 Å². The molecule has 0 saturated heterocycles. The Morgan fingerprint density at radius 1 is 1.26 bits per heavy atom. The molecule has 0 fully saturated rings. The van der Waals surface area contributed by atoms with Crippen LogP contribution in [0.3, 0.4) is 0 Å². The first kappa shape index (κ1) is 17.1. The summed E-state index contributed by atoms with van der Waals surface area (Å²) in [5, 5.41) is 11.7. The number of halogens is 1. The van der Waals surface area contributed by atoms with Gasteiger partial charge >= 0.3 is 0 Å². The van der Waals surface area contributed by atoms with Crippen LogP contribution in [0.25, 0.3) is 0 Å². The monoisotopic (exact) mass is 422 g/mol. The highest BCUT2D eigenvalue weighted by atomic mass is 127. The second-order valence-corrected chi connectivity index (χ2v) is 6.02. The first-order chi connectivity index (χ1) is 11.0. The van der Waals surface area contributed by atoms with E-state index in [1.165, 1.54) is 7.11 Å². The quantitative estimate of drug-likeness (QED) is 0.749. The maximum Gasteiger partial charge on any atom is 0.262 e. The van der Waals surface area contributed by atoms with Crippen molar-refractivity contribution in [3.63, 3.8) is 0 Å². The molecule has 5 nitrogen and oxygen atoms in total. The summed E-state index contributed by atoms with van der Waals surface area (Å²) in [6, 6.07) is 12.6. The Morgan fingerprint density at radius 2 is 2.04 bits per heavy atom. The Labute approximate surface area is 148 Å². The molecule has 0 radical (unpaired) electrons. The van der Waals surface area contributed by atoms with E-state index in [0.717, 1.165) is 14.8 Å². The number of methoxy groups -OCH3 is 1. The van der Waals surface area contributed by atoms with E-state index >= 15 is 0 Å². The highest BCUT2D eigenvalue weighted by Gasteiger charge is 2.10. The van der Waals surface area contributed by atoms with Crippen molar-refractivity contribution >= 4 is 34.2 Å². The number of nitriles is 1. The van der Waals surface area contributed by atoms with Crippen molar-refractivity contribution in [3.05, 3.63) is 51.1 Å². The topological polar surface area (TPSA) is 71.3 Å². The zero-order valence-corrected chi connectivity index (χ0v) is 14.9. The van der Waals surface area contributed by atoms with Crippen molar-refractivity contribution in [1.82, 2.24) is 0 Å². The number of rotatable bonds is 5. The number of benzene rings is 2. The van der Waals surface area contributed by atoms with E-state index < -0.39 is 0 Å². The standard InChI is InChI=1S/C17H15IN2O3/c1-11-7-13(18)4-5-14(11)20-17(21)10-23-15-6-3-12(9-19)8-16(15)22-2/h3-8H,10H2,1-2H3,(H,20,21). The zero-order chi connectivity index (χ0) is 16.8. The molecule has 0 aliphatic carbocycles. The SMILES string of the molecule is COc1cc(C#N)ccc1OCC(=O)Nc1ccc(I)cc1C. The van der Waals surface area contributed by atoms with E-state index in [9.17, 15) is 4.79 Å². The smallest absolute Gasteiger partial charge is 0.262 e. The van der Waals surface area contributed by atoms with Crippen LogP contribution in [0.1, 0.15) is 11.1 Å². The fourth-order valence-corrected chi connectivity index (χ4v) is 2.60. The minimum atomic E-state index is -0.263. The Balaban J connectivity index is 2.00. The lowest BCUT2D eigenvalue weighted by atomic mass is 10.2. The lowest BCUT2D eigenvalue weighted by Crippen LogP contribution is -2.20. The van der Waals surface area contributed by atoms with Gasteiger partial charge in [0.05, 0.1) is 18.7 Å². The Hall–Kier alpha value is -2.27. The number of aryl methyl sites for hydroxylation is 1. The third-order valence-electron chi connectivity index (χ3n) is 3.11. The maximum atomic E-state index is 12.0. The summed E-state index contributed by atoms with van der Waals surface area (Å²) >= 11 is 2.22. The number of nitrogens with zero attached hydrogens (tertiary/aromatic N) is 1. The molecule has 0 aliphatic rings. The van der Waals surface area contributed by atoms with E-state index in [-0.39, 0.29) is 12.5 Å². The minimum Gasteiger partial charge on any atom is -0.493 e. The first-order valence-corrected chi connectivity index (χ1v) is 7.88. The van der Waals surface area contributed by atoms with Gasteiger partial charge in [0.1, 0.15) is 0 Å². The molecule has 1 amide bonds. The summed E-state index contributed by atoms with van der Waals surface area (Å²) in [5.74, 6) is 0.573. The van der Waals surface area contributed by atoms with Crippen LogP contribution in [0.15, 0.2) is 36.4 Å². The third-order valence-corrected chi connectivity index (χ3v) is 3.79. The molecule has 0 bridgehead atoms. The molecule has 2 aromatic rings. The summed E-state index contributed by atoms with van der Waals surface area (Å²) in [4.78, 5) is 12.0. The lowest BCUT2D eigenvalue weighted by Gasteiger charge is -2.12. The second kappa shape index (κ2) is 7.83. The van der Waals surface area contributed by atoms with E-state index in [1.807, 2.05) is 31.2 Å². The molecular formula is C17H15IN2O3. The summed E-state index contributed by atoms with van der Waals surface area (Å²) in [7, 11) is 1.48. The maximum absolute atomic E-state index is 12.0.